The minimum Gasteiger partial charge on any atom is -0.506 e. The Morgan fingerprint density at radius 1 is 0.778 bits per heavy atom. The van der Waals surface area contributed by atoms with Gasteiger partial charge in [-0.25, -0.2) is 4.79 Å². The number of hydrogen-bond acceptors (Lipinski definition) is 2. The van der Waals surface area contributed by atoms with Crippen LogP contribution in [-0.2, 0) is 0 Å². The number of carboxylic acid groups (broad SMARTS) is 1. The van der Waals surface area contributed by atoms with Crippen molar-refractivity contribution in [1.82, 2.24) is 0 Å². The van der Waals surface area contributed by atoms with Crippen LogP contribution in [0, 0.1) is 0 Å². The standard InChI is InChI=1S/C15H10O3/c16-14-12-8-4-2-6-10(12)9-5-1-3-7-11(9)13(14)15(17)18/h1-8,16H,(H,17,18). The molecule has 0 saturated carbocycles. The molecule has 0 aliphatic carbocycles. The SMILES string of the molecule is O=C(O)c1c(O)c2ccccc2c2ccccc12. The van der Waals surface area contributed by atoms with Gasteiger partial charge in [0, 0.05) is 10.8 Å². The van der Waals surface area contributed by atoms with Crippen LogP contribution in [0.5, 0.6) is 5.75 Å². The molecule has 0 saturated heterocycles. The van der Waals surface area contributed by atoms with E-state index in [-0.39, 0.29) is 11.3 Å². The quantitative estimate of drug-likeness (QED) is 0.639. The lowest BCUT2D eigenvalue weighted by Crippen LogP contribution is -1.99. The molecule has 0 aliphatic heterocycles. The molecule has 0 atom stereocenters. The van der Waals surface area contributed by atoms with Gasteiger partial charge < -0.3 is 10.2 Å². The number of aromatic carboxylic acids is 1. The zero-order valence-electron chi connectivity index (χ0n) is 9.42. The molecule has 0 aliphatic rings. The molecular formula is C15H10O3. The lowest BCUT2D eigenvalue weighted by molar-refractivity contribution is 0.0696. The van der Waals surface area contributed by atoms with Crippen molar-refractivity contribution in [3.05, 3.63) is 54.1 Å². The topological polar surface area (TPSA) is 57.5 Å². The van der Waals surface area contributed by atoms with Crippen molar-refractivity contribution in [3.8, 4) is 5.75 Å². The predicted molar refractivity (Wildman–Crippen MR) is 70.1 cm³/mol. The monoisotopic (exact) mass is 238 g/mol. The summed E-state index contributed by atoms with van der Waals surface area (Å²) in [5, 5.41) is 22.2. The molecule has 0 heterocycles. The number of aromatic hydroxyl groups is 1. The number of carbonyl (C=O) groups is 1. The summed E-state index contributed by atoms with van der Waals surface area (Å²) in [6, 6.07) is 14.5. The summed E-state index contributed by atoms with van der Waals surface area (Å²) in [6.07, 6.45) is 0. The first-order valence-corrected chi connectivity index (χ1v) is 5.56. The predicted octanol–water partition coefficient (Wildman–Crippen LogP) is 3.40. The van der Waals surface area contributed by atoms with Crippen LogP contribution in [0.1, 0.15) is 10.4 Å². The van der Waals surface area contributed by atoms with Gasteiger partial charge >= 0.3 is 5.97 Å². The van der Waals surface area contributed by atoms with Crippen molar-refractivity contribution in [1.29, 1.82) is 0 Å². The summed E-state index contributed by atoms with van der Waals surface area (Å²) in [4.78, 5) is 11.3. The van der Waals surface area contributed by atoms with Crippen molar-refractivity contribution in [2.24, 2.45) is 0 Å². The number of hydrogen-bond donors (Lipinski definition) is 2. The highest BCUT2D eigenvalue weighted by Gasteiger charge is 2.18. The van der Waals surface area contributed by atoms with Gasteiger partial charge in [0.1, 0.15) is 11.3 Å². The van der Waals surface area contributed by atoms with Gasteiger partial charge in [-0.3, -0.25) is 0 Å². The average molecular weight is 238 g/mol. The molecule has 88 valence electrons. The van der Waals surface area contributed by atoms with E-state index in [9.17, 15) is 15.0 Å². The number of carboxylic acids is 1. The molecule has 3 nitrogen and oxygen atoms in total. The minimum atomic E-state index is -1.12. The van der Waals surface area contributed by atoms with Crippen molar-refractivity contribution in [3.63, 3.8) is 0 Å². The Labute approximate surface area is 103 Å². The second-order valence-corrected chi connectivity index (χ2v) is 4.12. The molecule has 0 spiro atoms. The first-order chi connectivity index (χ1) is 8.70. The normalized spacial score (nSPS) is 10.9. The van der Waals surface area contributed by atoms with Gasteiger partial charge in [0.15, 0.2) is 0 Å². The van der Waals surface area contributed by atoms with Crippen LogP contribution in [-0.4, -0.2) is 16.2 Å². The van der Waals surface area contributed by atoms with Crippen LogP contribution in [0.2, 0.25) is 0 Å². The van der Waals surface area contributed by atoms with Crippen molar-refractivity contribution in [2.75, 3.05) is 0 Å². The van der Waals surface area contributed by atoms with Crippen LogP contribution in [0.3, 0.4) is 0 Å². The number of phenols is 1. The van der Waals surface area contributed by atoms with E-state index >= 15 is 0 Å². The van der Waals surface area contributed by atoms with Gasteiger partial charge in [0.25, 0.3) is 0 Å². The number of benzene rings is 3. The molecule has 0 bridgehead atoms. The third-order valence-corrected chi connectivity index (χ3v) is 3.12. The number of rotatable bonds is 1. The fourth-order valence-electron chi connectivity index (χ4n) is 2.34. The van der Waals surface area contributed by atoms with Gasteiger partial charge in [-0.2, -0.15) is 0 Å². The van der Waals surface area contributed by atoms with Crippen LogP contribution >= 0.6 is 0 Å². The first-order valence-electron chi connectivity index (χ1n) is 5.56. The van der Waals surface area contributed by atoms with E-state index in [1.54, 1.807) is 24.3 Å². The van der Waals surface area contributed by atoms with Crippen molar-refractivity contribution >= 4 is 27.5 Å². The zero-order valence-corrected chi connectivity index (χ0v) is 9.42. The summed E-state index contributed by atoms with van der Waals surface area (Å²) in [5.74, 6) is -1.29. The second kappa shape index (κ2) is 3.74. The highest BCUT2D eigenvalue weighted by molar-refractivity contribution is 6.19. The van der Waals surface area contributed by atoms with E-state index in [2.05, 4.69) is 0 Å². The Kier molecular flexibility index (Phi) is 2.20. The van der Waals surface area contributed by atoms with E-state index in [0.29, 0.717) is 10.8 Å². The van der Waals surface area contributed by atoms with Crippen LogP contribution in [0.15, 0.2) is 48.5 Å². The Bertz CT molecular complexity index is 775. The Balaban J connectivity index is 2.66. The smallest absolute Gasteiger partial charge is 0.340 e. The largest absolute Gasteiger partial charge is 0.506 e. The van der Waals surface area contributed by atoms with Crippen molar-refractivity contribution in [2.45, 2.75) is 0 Å². The van der Waals surface area contributed by atoms with Crippen molar-refractivity contribution < 1.29 is 15.0 Å². The van der Waals surface area contributed by atoms with E-state index < -0.39 is 5.97 Å². The molecule has 0 radical (unpaired) electrons. The van der Waals surface area contributed by atoms with Crippen LogP contribution in [0.25, 0.3) is 21.5 Å². The van der Waals surface area contributed by atoms with E-state index in [0.717, 1.165) is 10.8 Å². The summed E-state index contributed by atoms with van der Waals surface area (Å²) in [7, 11) is 0. The Morgan fingerprint density at radius 3 is 1.78 bits per heavy atom. The first kappa shape index (κ1) is 10.6. The molecule has 0 unspecified atom stereocenters. The maximum atomic E-state index is 11.3. The summed E-state index contributed by atoms with van der Waals surface area (Å²) < 4.78 is 0. The molecule has 3 aromatic rings. The number of fused-ring (bicyclic) bond motifs is 3. The lowest BCUT2D eigenvalue weighted by Gasteiger charge is -2.10. The lowest BCUT2D eigenvalue weighted by atomic mass is 9.96. The molecule has 3 aromatic carbocycles. The van der Waals surface area contributed by atoms with Gasteiger partial charge in [-0.1, -0.05) is 48.5 Å². The van der Waals surface area contributed by atoms with Crippen LogP contribution < -0.4 is 0 Å². The molecule has 2 N–H and O–H groups in total. The summed E-state index contributed by atoms with van der Waals surface area (Å²) in [5.41, 5.74) is -0.0377. The molecular weight excluding hydrogens is 228 g/mol. The minimum absolute atomic E-state index is 0.0377. The third kappa shape index (κ3) is 1.34. The van der Waals surface area contributed by atoms with Gasteiger partial charge in [0.2, 0.25) is 0 Å². The fourth-order valence-corrected chi connectivity index (χ4v) is 2.34. The summed E-state index contributed by atoms with van der Waals surface area (Å²) in [6.45, 7) is 0. The fraction of sp³-hybridized carbons (Fsp3) is 0. The van der Waals surface area contributed by atoms with Gasteiger partial charge in [0.05, 0.1) is 0 Å². The molecule has 0 aromatic heterocycles. The van der Waals surface area contributed by atoms with Crippen LogP contribution in [0.4, 0.5) is 0 Å². The third-order valence-electron chi connectivity index (χ3n) is 3.12. The highest BCUT2D eigenvalue weighted by Crippen LogP contribution is 2.36. The molecule has 0 amide bonds. The van der Waals surface area contributed by atoms with Gasteiger partial charge in [-0.05, 0) is 10.8 Å². The summed E-state index contributed by atoms with van der Waals surface area (Å²) >= 11 is 0. The molecule has 3 rings (SSSR count). The van der Waals surface area contributed by atoms with E-state index in [1.807, 2.05) is 24.3 Å². The maximum absolute atomic E-state index is 11.3. The Morgan fingerprint density at radius 2 is 1.22 bits per heavy atom. The maximum Gasteiger partial charge on any atom is 0.340 e. The molecule has 0 fully saturated rings. The van der Waals surface area contributed by atoms with E-state index in [1.165, 1.54) is 0 Å². The van der Waals surface area contributed by atoms with Gasteiger partial charge in [-0.15, -0.1) is 0 Å². The Hall–Kier alpha value is -2.55. The second-order valence-electron chi connectivity index (χ2n) is 4.12. The van der Waals surface area contributed by atoms with E-state index in [4.69, 9.17) is 0 Å². The molecule has 3 heteroatoms. The highest BCUT2D eigenvalue weighted by atomic mass is 16.4. The zero-order chi connectivity index (χ0) is 12.7. The average Bonchev–Trinajstić information content (AvgIpc) is 2.39. The molecule has 18 heavy (non-hydrogen) atoms.